The van der Waals surface area contributed by atoms with Gasteiger partial charge in [-0.15, -0.1) is 0 Å². The van der Waals surface area contributed by atoms with Crippen LogP contribution in [0.15, 0.2) is 0 Å². The molecule has 0 bridgehead atoms. The van der Waals surface area contributed by atoms with E-state index in [0.29, 0.717) is 6.04 Å². The summed E-state index contributed by atoms with van der Waals surface area (Å²) in [7, 11) is 0. The number of thioether (sulfide) groups is 1. The van der Waals surface area contributed by atoms with Gasteiger partial charge in [-0.2, -0.15) is 11.8 Å². The van der Waals surface area contributed by atoms with Crippen LogP contribution >= 0.6 is 11.8 Å². The molecule has 0 aromatic heterocycles. The van der Waals surface area contributed by atoms with Crippen molar-refractivity contribution in [1.29, 1.82) is 0 Å². The molecule has 0 radical (unpaired) electrons. The van der Waals surface area contributed by atoms with Crippen molar-refractivity contribution in [3.05, 3.63) is 0 Å². The predicted octanol–water partition coefficient (Wildman–Crippen LogP) is 1.38. The largest absolute Gasteiger partial charge is 0.393 e. The van der Waals surface area contributed by atoms with Gasteiger partial charge in [0.15, 0.2) is 0 Å². The van der Waals surface area contributed by atoms with Crippen LogP contribution in [0, 0.1) is 0 Å². The van der Waals surface area contributed by atoms with Gasteiger partial charge in [0.05, 0.1) is 6.10 Å². The summed E-state index contributed by atoms with van der Waals surface area (Å²) in [5.74, 6) is 2.62. The molecule has 0 aromatic rings. The summed E-state index contributed by atoms with van der Waals surface area (Å²) in [5.41, 5.74) is 0. The summed E-state index contributed by atoms with van der Waals surface area (Å²) in [4.78, 5) is 0. The van der Waals surface area contributed by atoms with E-state index in [9.17, 15) is 5.11 Å². The molecule has 1 heterocycles. The molecule has 0 spiro atoms. The number of rotatable bonds is 2. The summed E-state index contributed by atoms with van der Waals surface area (Å²) < 4.78 is 0. The standard InChI is InChI=1S/C10H19NOS/c12-10-3-1-8(2-4-10)11-9-5-6-13-7-9/h8-12H,1-7H2. The molecule has 1 atom stereocenters. The Kier molecular flexibility index (Phi) is 3.52. The molecule has 0 amide bonds. The molecule has 2 nitrogen and oxygen atoms in total. The van der Waals surface area contributed by atoms with E-state index < -0.39 is 0 Å². The lowest BCUT2D eigenvalue weighted by atomic mass is 9.92. The Labute approximate surface area is 84.5 Å². The van der Waals surface area contributed by atoms with E-state index in [1.54, 1.807) is 0 Å². The van der Waals surface area contributed by atoms with Crippen molar-refractivity contribution < 1.29 is 5.11 Å². The van der Waals surface area contributed by atoms with E-state index in [-0.39, 0.29) is 6.10 Å². The monoisotopic (exact) mass is 201 g/mol. The van der Waals surface area contributed by atoms with Gasteiger partial charge in [0.2, 0.25) is 0 Å². The van der Waals surface area contributed by atoms with E-state index in [1.807, 2.05) is 0 Å². The summed E-state index contributed by atoms with van der Waals surface area (Å²) >= 11 is 2.06. The molecule has 1 unspecified atom stereocenters. The Morgan fingerprint density at radius 3 is 2.38 bits per heavy atom. The molecule has 13 heavy (non-hydrogen) atoms. The fraction of sp³-hybridized carbons (Fsp3) is 1.00. The highest BCUT2D eigenvalue weighted by Gasteiger charge is 2.23. The molecule has 1 saturated carbocycles. The van der Waals surface area contributed by atoms with Gasteiger partial charge >= 0.3 is 0 Å². The van der Waals surface area contributed by atoms with Crippen LogP contribution in [0.1, 0.15) is 32.1 Å². The first-order chi connectivity index (χ1) is 6.34. The molecule has 2 N–H and O–H groups in total. The number of aliphatic hydroxyl groups is 1. The molecule has 1 aliphatic heterocycles. The summed E-state index contributed by atoms with van der Waals surface area (Å²) in [6.45, 7) is 0. The van der Waals surface area contributed by atoms with Crippen molar-refractivity contribution in [2.24, 2.45) is 0 Å². The second-order valence-corrected chi connectivity index (χ2v) is 5.38. The van der Waals surface area contributed by atoms with Crippen LogP contribution in [-0.4, -0.2) is 34.8 Å². The molecule has 2 aliphatic rings. The summed E-state index contributed by atoms with van der Waals surface area (Å²) in [6.07, 6.45) is 5.65. The van der Waals surface area contributed by atoms with Crippen LogP contribution < -0.4 is 5.32 Å². The number of nitrogens with one attached hydrogen (secondary N) is 1. The molecular weight excluding hydrogens is 182 g/mol. The summed E-state index contributed by atoms with van der Waals surface area (Å²) in [5, 5.41) is 13.1. The first-order valence-corrected chi connectivity index (χ1v) is 6.52. The fourth-order valence-corrected chi connectivity index (χ4v) is 3.41. The Morgan fingerprint density at radius 2 is 1.77 bits per heavy atom. The lowest BCUT2D eigenvalue weighted by molar-refractivity contribution is 0.115. The van der Waals surface area contributed by atoms with E-state index in [1.165, 1.54) is 30.8 Å². The van der Waals surface area contributed by atoms with E-state index in [0.717, 1.165) is 18.9 Å². The maximum absolute atomic E-state index is 9.36. The topological polar surface area (TPSA) is 32.3 Å². The molecule has 0 aromatic carbocycles. The van der Waals surface area contributed by atoms with E-state index in [4.69, 9.17) is 0 Å². The van der Waals surface area contributed by atoms with Crippen LogP contribution in [0.3, 0.4) is 0 Å². The minimum Gasteiger partial charge on any atom is -0.393 e. The molecular formula is C10H19NOS. The average Bonchev–Trinajstić information content (AvgIpc) is 2.62. The van der Waals surface area contributed by atoms with Gasteiger partial charge in [0.25, 0.3) is 0 Å². The fourth-order valence-electron chi connectivity index (χ4n) is 2.24. The molecule has 76 valence electrons. The maximum atomic E-state index is 9.36. The first-order valence-electron chi connectivity index (χ1n) is 5.36. The Balaban J connectivity index is 1.69. The Bertz CT molecular complexity index is 151. The smallest absolute Gasteiger partial charge is 0.0541 e. The third kappa shape index (κ3) is 2.86. The lowest BCUT2D eigenvalue weighted by Crippen LogP contribution is -2.41. The highest BCUT2D eigenvalue weighted by atomic mass is 32.2. The van der Waals surface area contributed by atoms with Gasteiger partial charge in [-0.25, -0.2) is 0 Å². The van der Waals surface area contributed by atoms with Gasteiger partial charge in [-0.05, 0) is 37.9 Å². The third-order valence-corrected chi connectivity index (χ3v) is 4.26. The second kappa shape index (κ2) is 4.67. The minimum absolute atomic E-state index is 0.0176. The Hall–Kier alpha value is 0.270. The van der Waals surface area contributed by atoms with E-state index >= 15 is 0 Å². The number of hydrogen-bond donors (Lipinski definition) is 2. The van der Waals surface area contributed by atoms with Crippen molar-refractivity contribution in [2.75, 3.05) is 11.5 Å². The van der Waals surface area contributed by atoms with Gasteiger partial charge in [0.1, 0.15) is 0 Å². The zero-order valence-electron chi connectivity index (χ0n) is 8.04. The SMILES string of the molecule is OC1CCC(NC2CCSC2)CC1. The van der Waals surface area contributed by atoms with Gasteiger partial charge in [-0.3, -0.25) is 0 Å². The highest BCUT2D eigenvalue weighted by molar-refractivity contribution is 7.99. The van der Waals surface area contributed by atoms with Gasteiger partial charge < -0.3 is 10.4 Å². The van der Waals surface area contributed by atoms with Crippen molar-refractivity contribution in [3.8, 4) is 0 Å². The molecule has 1 saturated heterocycles. The van der Waals surface area contributed by atoms with Gasteiger partial charge in [0, 0.05) is 17.8 Å². The summed E-state index contributed by atoms with van der Waals surface area (Å²) in [6, 6.07) is 1.44. The molecule has 2 fully saturated rings. The Morgan fingerprint density at radius 1 is 1.00 bits per heavy atom. The lowest BCUT2D eigenvalue weighted by Gasteiger charge is -2.28. The molecule has 1 aliphatic carbocycles. The van der Waals surface area contributed by atoms with Crippen molar-refractivity contribution in [2.45, 2.75) is 50.3 Å². The van der Waals surface area contributed by atoms with Crippen molar-refractivity contribution in [3.63, 3.8) is 0 Å². The van der Waals surface area contributed by atoms with Crippen LogP contribution in [0.2, 0.25) is 0 Å². The first kappa shape index (κ1) is 9.81. The molecule has 3 heteroatoms. The minimum atomic E-state index is -0.0176. The second-order valence-electron chi connectivity index (χ2n) is 4.23. The highest BCUT2D eigenvalue weighted by Crippen LogP contribution is 2.22. The van der Waals surface area contributed by atoms with Crippen LogP contribution in [-0.2, 0) is 0 Å². The van der Waals surface area contributed by atoms with Crippen molar-refractivity contribution in [1.82, 2.24) is 5.32 Å². The zero-order chi connectivity index (χ0) is 9.10. The van der Waals surface area contributed by atoms with Gasteiger partial charge in [-0.1, -0.05) is 0 Å². The zero-order valence-corrected chi connectivity index (χ0v) is 8.85. The quantitative estimate of drug-likeness (QED) is 0.708. The normalized spacial score (nSPS) is 40.8. The van der Waals surface area contributed by atoms with Crippen LogP contribution in [0.4, 0.5) is 0 Å². The predicted molar refractivity (Wildman–Crippen MR) is 57.1 cm³/mol. The maximum Gasteiger partial charge on any atom is 0.0541 e. The molecule has 2 rings (SSSR count). The third-order valence-electron chi connectivity index (χ3n) is 3.10. The average molecular weight is 201 g/mol. The van der Waals surface area contributed by atoms with Crippen LogP contribution in [0.25, 0.3) is 0 Å². The van der Waals surface area contributed by atoms with Crippen molar-refractivity contribution >= 4 is 11.8 Å². The number of aliphatic hydroxyl groups excluding tert-OH is 1. The van der Waals surface area contributed by atoms with E-state index in [2.05, 4.69) is 17.1 Å². The van der Waals surface area contributed by atoms with Crippen LogP contribution in [0.5, 0.6) is 0 Å². The number of hydrogen-bond acceptors (Lipinski definition) is 3.